The average molecular weight is 2030 g/mol. The fourth-order valence-corrected chi connectivity index (χ4v) is 17.7. The fraction of sp³-hybridized carbons (Fsp3) is 0.315. The third kappa shape index (κ3) is 44.3. The van der Waals surface area contributed by atoms with Crippen molar-refractivity contribution in [1.82, 2.24) is 0 Å². The van der Waals surface area contributed by atoms with E-state index in [4.69, 9.17) is 71.4 Å². The Hall–Kier alpha value is -11.3. The van der Waals surface area contributed by atoms with Crippen LogP contribution in [0.15, 0.2) is 284 Å². The average Bonchev–Trinajstić information content (AvgIpc) is 0.790. The van der Waals surface area contributed by atoms with E-state index in [1.807, 2.05) is 194 Å². The van der Waals surface area contributed by atoms with Crippen molar-refractivity contribution < 1.29 is 116 Å². The molecule has 13 rings (SSSR count). The van der Waals surface area contributed by atoms with Crippen LogP contribution in [0.25, 0.3) is 10.8 Å². The number of aryl methyl sites for hydroxylation is 6. The number of methoxy groups -OCH3 is 2. The molecule has 0 N–H and O–H groups in total. The smallest absolute Gasteiger partial charge is 0.429 e. The number of carbonyl (C=O) groups excluding carboxylic acids is 4. The van der Waals surface area contributed by atoms with E-state index in [1.165, 1.54) is 38.0 Å². The molecule has 0 saturated carbocycles. The third-order valence-corrected chi connectivity index (χ3v) is 25.8. The van der Waals surface area contributed by atoms with Gasteiger partial charge in [-0.15, -0.1) is 11.8 Å². The number of aldehydes is 2. The molecule has 5 atom stereocenters. The number of ether oxygens (including phenoxy) is 8. The van der Waals surface area contributed by atoms with Gasteiger partial charge in [0.1, 0.15) is 72.5 Å². The van der Waals surface area contributed by atoms with E-state index in [9.17, 15) is 44.4 Å². The first-order valence-corrected chi connectivity index (χ1v) is 51.7. The number of unbranched alkanes of at least 4 members (excludes halogenated alkanes) is 1. The predicted octanol–water partition coefficient (Wildman–Crippen LogP) is 23.2. The summed E-state index contributed by atoms with van der Waals surface area (Å²) in [5.74, 6) is 2.68. The maximum Gasteiger partial charge on any atom is 0.509 e. The molecule has 1 fully saturated rings. The maximum absolute atomic E-state index is 13.3. The van der Waals surface area contributed by atoms with Gasteiger partial charge in [0.25, 0.3) is 0 Å². The van der Waals surface area contributed by atoms with Crippen LogP contribution in [0.4, 0.5) is 4.79 Å². The normalized spacial score (nSPS) is 13.1. The van der Waals surface area contributed by atoms with Gasteiger partial charge in [-0.1, -0.05) is 247 Å². The standard InChI is InChI=1S/C28H34O9S2.C26H26O6S.C20H24O6S.C16H24O4S2.C11H8O.C7H8/c1-21-5-9-27(10-6-21)37-38(29)36-17-25-13-24(16-35-20-33-4)26(14-23(25)15-34-19-32-3)18-39(30,31)28-11-7-22(2)8-12-28;1-19-8-12-23(13-9-19)32-33(29)30-18-20-10-14-22(15-11-20)31-25(28)16-26(2,3)24-7-5-4-6-21(24)17-27;1-15-9-11-18(12-10-15)26-27(22)24-14-17-8-6-5-7-16(17)13-23-19(21)25-20(2,3)4;1-14-7-9-15(10-8-14)20-22(17)19-12-4-5-13-21-16-6-2-3-11-18-16;12-8-9-5-6-10-3-1-2-4-11(10)7-9;1-7-5-3-2-4-6-7/h5-14H,15-20H2,1-4H3;4-15,17H,16,18H2,1-3H3;5-12H,13-14H2,1-4H3;7-10,16H,2-6,11-13H2,1H3;1-8H;2-6H,1H3. The third-order valence-electron chi connectivity index (χ3n) is 20.3. The van der Waals surface area contributed by atoms with Gasteiger partial charge in [0.15, 0.2) is 9.84 Å². The maximum atomic E-state index is 13.3. The number of hydrogen-bond donors (Lipinski definition) is 0. The van der Waals surface area contributed by atoms with Gasteiger partial charge in [0.05, 0.1) is 56.7 Å². The van der Waals surface area contributed by atoms with E-state index in [1.54, 1.807) is 154 Å². The Morgan fingerprint density at radius 2 is 0.879 bits per heavy atom. The van der Waals surface area contributed by atoms with Crippen LogP contribution in [0.2, 0.25) is 0 Å². The highest BCUT2D eigenvalue weighted by atomic mass is 32.2. The van der Waals surface area contributed by atoms with Crippen molar-refractivity contribution in [3.8, 4) is 28.7 Å². The second-order valence-corrected chi connectivity index (χ2v) is 40.1. The molecule has 0 aromatic heterocycles. The largest absolute Gasteiger partial charge is 0.509 e. The number of fused-ring (bicyclic) bond motifs is 1. The molecular formula is C108H124O26S6. The number of rotatable bonds is 43. The summed E-state index contributed by atoms with van der Waals surface area (Å²) in [4.78, 5) is 46.2. The highest BCUT2D eigenvalue weighted by molar-refractivity contribution is 7.99. The zero-order valence-corrected chi connectivity index (χ0v) is 86.0. The molecule has 1 aliphatic rings. The number of benzene rings is 12. The lowest BCUT2D eigenvalue weighted by atomic mass is 9.79. The highest BCUT2D eigenvalue weighted by Gasteiger charge is 2.29. The molecular weight excluding hydrogens is 1910 g/mol. The van der Waals surface area contributed by atoms with Crippen molar-refractivity contribution in [2.24, 2.45) is 0 Å². The van der Waals surface area contributed by atoms with Crippen LogP contribution < -0.4 is 21.5 Å². The van der Waals surface area contributed by atoms with Crippen LogP contribution in [0, 0.1) is 41.5 Å². The Bertz CT molecular complexity index is 5980. The molecule has 0 spiro atoms. The minimum Gasteiger partial charge on any atom is -0.429 e. The molecule has 0 aliphatic carbocycles. The lowest BCUT2D eigenvalue weighted by Gasteiger charge is -2.25. The Morgan fingerprint density at radius 3 is 1.37 bits per heavy atom. The van der Waals surface area contributed by atoms with Crippen molar-refractivity contribution in [1.29, 1.82) is 0 Å². The summed E-state index contributed by atoms with van der Waals surface area (Å²) in [5, 5.41) is 2.28. The van der Waals surface area contributed by atoms with E-state index in [0.717, 1.165) is 105 Å². The zero-order valence-electron chi connectivity index (χ0n) is 81.1. The minimum absolute atomic E-state index is 0.0277. The molecule has 0 radical (unpaired) electrons. The topological polar surface area (TPSA) is 318 Å². The molecule has 12 aromatic carbocycles. The second kappa shape index (κ2) is 61.4. The van der Waals surface area contributed by atoms with Gasteiger partial charge in [0, 0.05) is 37.4 Å². The molecule has 5 unspecified atom stereocenters. The van der Waals surface area contributed by atoms with Crippen LogP contribution in [-0.4, -0.2) is 108 Å². The van der Waals surface area contributed by atoms with Gasteiger partial charge in [-0.2, -0.15) is 16.8 Å². The summed E-state index contributed by atoms with van der Waals surface area (Å²) in [7, 11) is -0.647. The molecule has 26 nitrogen and oxygen atoms in total. The minimum atomic E-state index is -3.65. The molecule has 32 heteroatoms. The second-order valence-electron chi connectivity index (χ2n) is 33.6. The Morgan fingerprint density at radius 1 is 0.436 bits per heavy atom. The summed E-state index contributed by atoms with van der Waals surface area (Å²) in [6.45, 7) is 22.6. The van der Waals surface area contributed by atoms with Gasteiger partial charge in [0.2, 0.25) is 0 Å². The molecule has 1 saturated heterocycles. The Kier molecular flexibility index (Phi) is 50.0. The summed E-state index contributed by atoms with van der Waals surface area (Å²) >= 11 is -5.79. The first-order valence-electron chi connectivity index (χ1n) is 45.0. The summed E-state index contributed by atoms with van der Waals surface area (Å²) in [5.41, 5.74) is 12.6. The molecule has 0 amide bonds. The van der Waals surface area contributed by atoms with E-state index in [-0.39, 0.29) is 70.3 Å². The fourth-order valence-electron chi connectivity index (χ4n) is 12.9. The number of sulfone groups is 1. The van der Waals surface area contributed by atoms with Crippen molar-refractivity contribution in [2.45, 2.75) is 181 Å². The number of hydrogen-bond acceptors (Lipinski definition) is 27. The van der Waals surface area contributed by atoms with E-state index < -0.39 is 78.4 Å². The predicted molar refractivity (Wildman–Crippen MR) is 547 cm³/mol. The van der Waals surface area contributed by atoms with E-state index in [2.05, 4.69) is 19.1 Å². The van der Waals surface area contributed by atoms with Crippen molar-refractivity contribution in [3.63, 3.8) is 0 Å². The lowest BCUT2D eigenvalue weighted by Crippen LogP contribution is -2.26. The SMILES string of the molecule is COCOCc1cc(CS(=O)(=O)c2ccc(C)cc2)c(COCOC)cc1COS(=O)Oc1ccc(C)cc1.Cc1ccc(OS(=O)OCCCCSC2CCCCO2)cc1.Cc1ccc(OS(=O)OCc2ccc(OC(=O)CC(C)(C)c3ccccc3C=O)cc2)cc1.Cc1ccc(OS(=O)OCc2ccccc2COC(=O)OC(C)(C)C)cc1.Cc1ccccc1.O=Cc1ccc2ccccc2c1. The van der Waals surface area contributed by atoms with Gasteiger partial charge in [-0.25, -0.2) is 13.2 Å². The van der Waals surface area contributed by atoms with Crippen LogP contribution in [0.5, 0.6) is 28.7 Å². The monoisotopic (exact) mass is 2030 g/mol. The Labute approximate surface area is 837 Å². The van der Waals surface area contributed by atoms with Crippen LogP contribution in [0.3, 0.4) is 0 Å². The van der Waals surface area contributed by atoms with Crippen LogP contribution in [0.1, 0.15) is 172 Å². The van der Waals surface area contributed by atoms with Gasteiger partial charge < -0.3 is 54.6 Å². The van der Waals surface area contributed by atoms with Crippen LogP contribution in [-0.2, 0) is 161 Å². The zero-order chi connectivity index (χ0) is 101. The molecule has 0 bridgehead atoms. The number of esters is 1. The van der Waals surface area contributed by atoms with E-state index in [0.29, 0.717) is 68.6 Å². The molecule has 12 aromatic rings. The summed E-state index contributed by atoms with van der Waals surface area (Å²) < 4.78 is 159. The first kappa shape index (κ1) is 114. The highest BCUT2D eigenvalue weighted by Crippen LogP contribution is 2.33. The van der Waals surface area contributed by atoms with Crippen molar-refractivity contribution >= 4 is 103 Å². The van der Waals surface area contributed by atoms with Crippen LogP contribution >= 0.6 is 11.8 Å². The quantitative estimate of drug-likeness (QED) is 0.0113. The molecule has 1 heterocycles. The van der Waals surface area contributed by atoms with Gasteiger partial charge >= 0.3 is 57.6 Å². The molecule has 1 aliphatic heterocycles. The van der Waals surface area contributed by atoms with E-state index >= 15 is 0 Å². The molecule has 140 heavy (non-hydrogen) atoms. The molecule has 748 valence electrons. The van der Waals surface area contributed by atoms with Crippen molar-refractivity contribution in [3.05, 3.63) is 368 Å². The first-order chi connectivity index (χ1) is 67.2. The van der Waals surface area contributed by atoms with Gasteiger partial charge in [-0.3, -0.25) is 31.1 Å². The lowest BCUT2D eigenvalue weighted by molar-refractivity contribution is -0.135. The summed E-state index contributed by atoms with van der Waals surface area (Å²) in [6.07, 6.45) is 6.56. The Balaban J connectivity index is 0.000000217. The van der Waals surface area contributed by atoms with Crippen molar-refractivity contribution in [2.75, 3.05) is 46.8 Å². The number of carbonyl (C=O) groups is 4. The van der Waals surface area contributed by atoms with Gasteiger partial charge in [-0.05, 0) is 234 Å². The summed E-state index contributed by atoms with van der Waals surface area (Å²) in [6, 6.07) is 84.1. The number of thioether (sulfide) groups is 1.